The van der Waals surface area contributed by atoms with Crippen LogP contribution in [-0.4, -0.2) is 37.8 Å². The standard InChI is InChI=1S/C21H26N2O3/c1-23(20(24)26-3)19(16-9-5-4-6-10-16)21(13-14-21)22-15-17-11-7-8-12-18(17)25-2/h4-12,19,22H,13-15H2,1-3H3. The predicted molar refractivity (Wildman–Crippen MR) is 101 cm³/mol. The second-order valence-corrected chi connectivity index (χ2v) is 6.72. The molecule has 1 unspecified atom stereocenters. The first-order valence-corrected chi connectivity index (χ1v) is 8.84. The molecule has 1 N–H and O–H groups in total. The van der Waals surface area contributed by atoms with Gasteiger partial charge in [0.15, 0.2) is 0 Å². The van der Waals surface area contributed by atoms with Crippen molar-refractivity contribution in [3.05, 3.63) is 65.7 Å². The van der Waals surface area contributed by atoms with Crippen molar-refractivity contribution in [2.24, 2.45) is 0 Å². The van der Waals surface area contributed by atoms with Crippen LogP contribution in [0.1, 0.15) is 30.0 Å². The molecule has 0 radical (unpaired) electrons. The minimum atomic E-state index is -0.329. The van der Waals surface area contributed by atoms with Gasteiger partial charge < -0.3 is 19.7 Å². The van der Waals surface area contributed by atoms with E-state index in [-0.39, 0.29) is 17.7 Å². The molecule has 1 aliphatic rings. The zero-order valence-corrected chi connectivity index (χ0v) is 15.6. The first kappa shape index (κ1) is 18.3. The molecule has 0 bridgehead atoms. The summed E-state index contributed by atoms with van der Waals surface area (Å²) >= 11 is 0. The zero-order valence-electron chi connectivity index (χ0n) is 15.6. The van der Waals surface area contributed by atoms with Crippen molar-refractivity contribution >= 4 is 6.09 Å². The van der Waals surface area contributed by atoms with Gasteiger partial charge in [0, 0.05) is 24.7 Å². The SMILES string of the molecule is COC(=O)N(C)C(c1ccccc1)C1(NCc2ccccc2OC)CC1. The predicted octanol–water partition coefficient (Wildman–Crippen LogP) is 3.76. The lowest BCUT2D eigenvalue weighted by Crippen LogP contribution is -2.46. The van der Waals surface area contributed by atoms with Crippen LogP contribution >= 0.6 is 0 Å². The van der Waals surface area contributed by atoms with Crippen LogP contribution in [0.4, 0.5) is 4.79 Å². The lowest BCUT2D eigenvalue weighted by atomic mass is 9.95. The summed E-state index contributed by atoms with van der Waals surface area (Å²) in [6.45, 7) is 0.683. The Hall–Kier alpha value is -2.53. The van der Waals surface area contributed by atoms with E-state index >= 15 is 0 Å². The normalized spacial score (nSPS) is 15.8. The van der Waals surface area contributed by atoms with Crippen molar-refractivity contribution in [2.45, 2.75) is 31.0 Å². The van der Waals surface area contributed by atoms with Gasteiger partial charge >= 0.3 is 6.09 Å². The summed E-state index contributed by atoms with van der Waals surface area (Å²) < 4.78 is 10.4. The van der Waals surface area contributed by atoms with E-state index in [0.717, 1.165) is 29.7 Å². The highest BCUT2D eigenvalue weighted by molar-refractivity contribution is 5.68. The Morgan fingerprint density at radius 3 is 2.38 bits per heavy atom. The van der Waals surface area contributed by atoms with Crippen LogP contribution in [0.15, 0.2) is 54.6 Å². The van der Waals surface area contributed by atoms with E-state index in [2.05, 4.69) is 23.5 Å². The largest absolute Gasteiger partial charge is 0.496 e. The molecule has 0 aromatic heterocycles. The molecule has 3 rings (SSSR count). The third-order valence-corrected chi connectivity index (χ3v) is 5.10. The minimum Gasteiger partial charge on any atom is -0.496 e. The van der Waals surface area contributed by atoms with Gasteiger partial charge in [0.1, 0.15) is 5.75 Å². The van der Waals surface area contributed by atoms with Gasteiger partial charge in [0.05, 0.1) is 20.3 Å². The van der Waals surface area contributed by atoms with Gasteiger partial charge in [-0.1, -0.05) is 48.5 Å². The van der Waals surface area contributed by atoms with Gasteiger partial charge in [0.25, 0.3) is 0 Å². The van der Waals surface area contributed by atoms with Crippen LogP contribution in [0.2, 0.25) is 0 Å². The molecule has 0 spiro atoms. The van der Waals surface area contributed by atoms with E-state index in [4.69, 9.17) is 9.47 Å². The third kappa shape index (κ3) is 3.68. The minimum absolute atomic E-state index is 0.0918. The first-order chi connectivity index (χ1) is 12.6. The van der Waals surface area contributed by atoms with Crippen LogP contribution < -0.4 is 10.1 Å². The lowest BCUT2D eigenvalue weighted by molar-refractivity contribution is 0.103. The maximum Gasteiger partial charge on any atom is 0.409 e. The van der Waals surface area contributed by atoms with E-state index in [1.54, 1.807) is 19.1 Å². The van der Waals surface area contributed by atoms with Crippen molar-refractivity contribution < 1.29 is 14.3 Å². The van der Waals surface area contributed by atoms with E-state index < -0.39 is 0 Å². The Morgan fingerprint density at radius 2 is 1.77 bits per heavy atom. The quantitative estimate of drug-likeness (QED) is 0.823. The average Bonchev–Trinajstić information content (AvgIpc) is 3.47. The molecule has 138 valence electrons. The fourth-order valence-electron chi connectivity index (χ4n) is 3.60. The van der Waals surface area contributed by atoms with Crippen LogP contribution in [0.5, 0.6) is 5.75 Å². The number of carbonyl (C=O) groups excluding carboxylic acids is 1. The monoisotopic (exact) mass is 354 g/mol. The summed E-state index contributed by atoms with van der Waals surface area (Å²) in [4.78, 5) is 13.9. The second kappa shape index (κ2) is 7.79. The van der Waals surface area contributed by atoms with Gasteiger partial charge in [0.2, 0.25) is 0 Å². The van der Waals surface area contributed by atoms with Crippen LogP contribution in [0, 0.1) is 0 Å². The molecular weight excluding hydrogens is 328 g/mol. The van der Waals surface area contributed by atoms with E-state index in [0.29, 0.717) is 6.54 Å². The summed E-state index contributed by atoms with van der Waals surface area (Å²) in [6, 6.07) is 18.0. The lowest BCUT2D eigenvalue weighted by Gasteiger charge is -2.35. The fraction of sp³-hybridized carbons (Fsp3) is 0.381. The topological polar surface area (TPSA) is 50.8 Å². The molecule has 26 heavy (non-hydrogen) atoms. The number of ether oxygens (including phenoxy) is 2. The molecule has 5 nitrogen and oxygen atoms in total. The van der Waals surface area contributed by atoms with Crippen molar-refractivity contribution in [3.63, 3.8) is 0 Å². The summed E-state index contributed by atoms with van der Waals surface area (Å²) in [5, 5.41) is 3.69. The molecule has 0 aliphatic heterocycles. The maximum absolute atomic E-state index is 12.2. The van der Waals surface area contributed by atoms with Gasteiger partial charge in [-0.05, 0) is 24.5 Å². The highest BCUT2D eigenvalue weighted by atomic mass is 16.5. The number of likely N-dealkylation sites (N-methyl/N-ethyl adjacent to an activating group) is 1. The second-order valence-electron chi connectivity index (χ2n) is 6.72. The van der Waals surface area contributed by atoms with Crippen molar-refractivity contribution in [3.8, 4) is 5.75 Å². The molecule has 1 amide bonds. The van der Waals surface area contributed by atoms with E-state index in [1.165, 1.54) is 7.11 Å². The smallest absolute Gasteiger partial charge is 0.409 e. The summed E-state index contributed by atoms with van der Waals surface area (Å²) in [7, 11) is 4.90. The van der Waals surface area contributed by atoms with Crippen LogP contribution in [-0.2, 0) is 11.3 Å². The number of rotatable bonds is 7. The molecule has 1 fully saturated rings. The highest BCUT2D eigenvalue weighted by Gasteiger charge is 2.52. The maximum atomic E-state index is 12.2. The average molecular weight is 354 g/mol. The van der Waals surface area contributed by atoms with Crippen LogP contribution in [0.3, 0.4) is 0 Å². The van der Waals surface area contributed by atoms with E-state index in [1.807, 2.05) is 36.4 Å². The van der Waals surface area contributed by atoms with Gasteiger partial charge in [-0.25, -0.2) is 4.79 Å². The fourth-order valence-corrected chi connectivity index (χ4v) is 3.60. The highest BCUT2D eigenvalue weighted by Crippen LogP contribution is 2.49. The van der Waals surface area contributed by atoms with Crippen LogP contribution in [0.25, 0.3) is 0 Å². The Bertz CT molecular complexity index is 744. The number of nitrogens with zero attached hydrogens (tertiary/aromatic N) is 1. The van der Waals surface area contributed by atoms with Crippen molar-refractivity contribution in [1.82, 2.24) is 10.2 Å². The number of methoxy groups -OCH3 is 2. The van der Waals surface area contributed by atoms with Gasteiger partial charge in [-0.15, -0.1) is 0 Å². The number of nitrogens with one attached hydrogen (secondary N) is 1. The number of carbonyl (C=O) groups is 1. The molecule has 1 saturated carbocycles. The molecule has 2 aromatic rings. The Labute approximate surface area is 154 Å². The zero-order chi connectivity index (χ0) is 18.6. The Kier molecular flexibility index (Phi) is 5.47. The number of para-hydroxylation sites is 1. The summed E-state index contributed by atoms with van der Waals surface area (Å²) in [6.07, 6.45) is 1.68. The molecule has 2 aromatic carbocycles. The number of hydrogen-bond donors (Lipinski definition) is 1. The Morgan fingerprint density at radius 1 is 1.12 bits per heavy atom. The first-order valence-electron chi connectivity index (χ1n) is 8.84. The molecular formula is C21H26N2O3. The number of amides is 1. The Balaban J connectivity index is 1.85. The molecule has 0 heterocycles. The molecule has 5 heteroatoms. The molecule has 1 atom stereocenters. The third-order valence-electron chi connectivity index (χ3n) is 5.10. The van der Waals surface area contributed by atoms with Gasteiger partial charge in [-0.2, -0.15) is 0 Å². The van der Waals surface area contributed by atoms with Crippen molar-refractivity contribution in [2.75, 3.05) is 21.3 Å². The summed E-state index contributed by atoms with van der Waals surface area (Å²) in [5.41, 5.74) is 2.05. The molecule has 1 aliphatic carbocycles. The summed E-state index contributed by atoms with van der Waals surface area (Å²) in [5.74, 6) is 0.869. The van der Waals surface area contributed by atoms with E-state index in [9.17, 15) is 4.79 Å². The van der Waals surface area contributed by atoms with Crippen molar-refractivity contribution in [1.29, 1.82) is 0 Å². The number of benzene rings is 2. The van der Waals surface area contributed by atoms with Gasteiger partial charge in [-0.3, -0.25) is 0 Å². The number of hydrogen-bond acceptors (Lipinski definition) is 4. The molecule has 0 saturated heterocycles.